The monoisotopic (exact) mass is 234 g/mol. The van der Waals surface area contributed by atoms with E-state index in [1.165, 1.54) is 6.07 Å². The molecule has 0 fully saturated rings. The van der Waals surface area contributed by atoms with E-state index in [1.54, 1.807) is 18.2 Å². The number of rotatable bonds is 2. The van der Waals surface area contributed by atoms with Gasteiger partial charge in [-0.15, -0.1) is 0 Å². The molecule has 0 spiro atoms. The molecule has 0 radical (unpaired) electrons. The van der Waals surface area contributed by atoms with Gasteiger partial charge in [-0.1, -0.05) is 36.4 Å². The van der Waals surface area contributed by atoms with Gasteiger partial charge in [0.1, 0.15) is 5.82 Å². The molecule has 0 aliphatic heterocycles. The summed E-state index contributed by atoms with van der Waals surface area (Å²) >= 11 is 5.27. The molecular formula is C13H8ClFO. The summed E-state index contributed by atoms with van der Waals surface area (Å²) in [4.78, 5) is 10.8. The van der Waals surface area contributed by atoms with E-state index in [4.69, 9.17) is 11.6 Å². The summed E-state index contributed by atoms with van der Waals surface area (Å²) in [6.45, 7) is 0. The minimum absolute atomic E-state index is 0.166. The molecule has 2 aromatic carbocycles. The van der Waals surface area contributed by atoms with Gasteiger partial charge in [0.05, 0.1) is 0 Å². The van der Waals surface area contributed by atoms with Gasteiger partial charge < -0.3 is 0 Å². The summed E-state index contributed by atoms with van der Waals surface area (Å²) in [6, 6.07) is 13.3. The first-order valence-corrected chi connectivity index (χ1v) is 5.11. The van der Waals surface area contributed by atoms with Crippen LogP contribution in [-0.4, -0.2) is 5.24 Å². The Morgan fingerprint density at radius 2 is 1.75 bits per heavy atom. The molecule has 0 N–H and O–H groups in total. The van der Waals surface area contributed by atoms with Crippen LogP contribution in [0.3, 0.4) is 0 Å². The van der Waals surface area contributed by atoms with Crippen molar-refractivity contribution < 1.29 is 9.18 Å². The topological polar surface area (TPSA) is 17.1 Å². The standard InChI is InChI=1S/C13H8ClFO/c14-13(16)10-6-7-11(12(15)8-10)9-4-2-1-3-5-9/h1-8H. The lowest BCUT2D eigenvalue weighted by molar-refractivity contribution is 0.108. The third-order valence-electron chi connectivity index (χ3n) is 2.28. The van der Waals surface area contributed by atoms with Gasteiger partial charge in [-0.2, -0.15) is 0 Å². The maximum Gasteiger partial charge on any atom is 0.252 e. The Balaban J connectivity index is 2.48. The minimum atomic E-state index is -0.654. The zero-order chi connectivity index (χ0) is 11.5. The van der Waals surface area contributed by atoms with E-state index in [2.05, 4.69) is 0 Å². The van der Waals surface area contributed by atoms with Gasteiger partial charge >= 0.3 is 0 Å². The van der Waals surface area contributed by atoms with Gasteiger partial charge in [-0.3, -0.25) is 4.79 Å². The summed E-state index contributed by atoms with van der Waals surface area (Å²) in [5.41, 5.74) is 1.40. The van der Waals surface area contributed by atoms with Gasteiger partial charge in [0.25, 0.3) is 5.24 Å². The molecule has 0 saturated carbocycles. The molecule has 2 aromatic rings. The molecule has 3 heteroatoms. The smallest absolute Gasteiger partial charge is 0.252 e. The fourth-order valence-electron chi connectivity index (χ4n) is 1.49. The van der Waals surface area contributed by atoms with Gasteiger partial charge in [0.15, 0.2) is 0 Å². The number of halogens is 2. The molecule has 0 aromatic heterocycles. The molecule has 0 heterocycles. The fraction of sp³-hybridized carbons (Fsp3) is 0. The predicted molar refractivity (Wildman–Crippen MR) is 62.0 cm³/mol. The molecule has 0 unspecified atom stereocenters. The highest BCUT2D eigenvalue weighted by atomic mass is 35.5. The number of carbonyl (C=O) groups is 1. The lowest BCUT2D eigenvalue weighted by Crippen LogP contribution is -1.92. The average Bonchev–Trinajstić information content (AvgIpc) is 2.30. The Labute approximate surface area is 97.5 Å². The molecule has 16 heavy (non-hydrogen) atoms. The van der Waals surface area contributed by atoms with Crippen LogP contribution in [0.1, 0.15) is 10.4 Å². The highest BCUT2D eigenvalue weighted by Gasteiger charge is 2.08. The first kappa shape index (κ1) is 10.8. The van der Waals surface area contributed by atoms with E-state index in [9.17, 15) is 9.18 Å². The summed E-state index contributed by atoms with van der Waals surface area (Å²) in [5, 5.41) is -0.654. The number of hydrogen-bond acceptors (Lipinski definition) is 1. The quantitative estimate of drug-likeness (QED) is 0.721. The number of carbonyl (C=O) groups excluding carboxylic acids is 1. The first-order valence-electron chi connectivity index (χ1n) is 4.73. The Morgan fingerprint density at radius 1 is 1.06 bits per heavy atom. The molecule has 80 valence electrons. The van der Waals surface area contributed by atoms with Crippen molar-refractivity contribution in [2.75, 3.05) is 0 Å². The van der Waals surface area contributed by atoms with E-state index in [0.717, 1.165) is 11.6 Å². The zero-order valence-corrected chi connectivity index (χ0v) is 9.04. The first-order chi connectivity index (χ1) is 7.68. The number of hydrogen-bond donors (Lipinski definition) is 0. The third kappa shape index (κ3) is 2.12. The van der Waals surface area contributed by atoms with Crippen molar-refractivity contribution in [3.8, 4) is 11.1 Å². The van der Waals surface area contributed by atoms with Gasteiger partial charge in [0, 0.05) is 11.1 Å². The van der Waals surface area contributed by atoms with Crippen LogP contribution < -0.4 is 0 Å². The largest absolute Gasteiger partial charge is 0.276 e. The SMILES string of the molecule is O=C(Cl)c1ccc(-c2ccccc2)c(F)c1. The lowest BCUT2D eigenvalue weighted by atomic mass is 10.0. The second-order valence-electron chi connectivity index (χ2n) is 3.33. The van der Waals surface area contributed by atoms with Crippen molar-refractivity contribution >= 4 is 16.8 Å². The fourth-order valence-corrected chi connectivity index (χ4v) is 1.61. The van der Waals surface area contributed by atoms with Crippen LogP contribution in [0.2, 0.25) is 0 Å². The lowest BCUT2D eigenvalue weighted by Gasteiger charge is -2.04. The second-order valence-corrected chi connectivity index (χ2v) is 3.68. The van der Waals surface area contributed by atoms with Crippen molar-refractivity contribution in [2.45, 2.75) is 0 Å². The van der Waals surface area contributed by atoms with Crippen molar-refractivity contribution in [3.63, 3.8) is 0 Å². The summed E-state index contributed by atoms with van der Waals surface area (Å²) in [6.07, 6.45) is 0. The molecule has 0 amide bonds. The average molecular weight is 235 g/mol. The van der Waals surface area contributed by atoms with Gasteiger partial charge in [0.2, 0.25) is 0 Å². The van der Waals surface area contributed by atoms with E-state index >= 15 is 0 Å². The van der Waals surface area contributed by atoms with Crippen LogP contribution in [0.5, 0.6) is 0 Å². The zero-order valence-electron chi connectivity index (χ0n) is 8.28. The molecule has 0 atom stereocenters. The Kier molecular flexibility index (Phi) is 3.02. The van der Waals surface area contributed by atoms with E-state index in [1.807, 2.05) is 18.2 Å². The number of benzene rings is 2. The molecular weight excluding hydrogens is 227 g/mol. The van der Waals surface area contributed by atoms with Crippen molar-refractivity contribution in [1.82, 2.24) is 0 Å². The predicted octanol–water partition coefficient (Wildman–Crippen LogP) is 3.87. The van der Waals surface area contributed by atoms with E-state index in [-0.39, 0.29) is 5.56 Å². The Morgan fingerprint density at radius 3 is 2.31 bits per heavy atom. The molecule has 0 saturated heterocycles. The molecule has 1 nitrogen and oxygen atoms in total. The van der Waals surface area contributed by atoms with Gasteiger partial charge in [-0.25, -0.2) is 4.39 Å². The highest BCUT2D eigenvalue weighted by Crippen LogP contribution is 2.23. The minimum Gasteiger partial charge on any atom is -0.276 e. The maximum absolute atomic E-state index is 13.7. The van der Waals surface area contributed by atoms with Crippen LogP contribution in [0.15, 0.2) is 48.5 Å². The summed E-state index contributed by atoms with van der Waals surface area (Å²) in [7, 11) is 0. The van der Waals surface area contributed by atoms with Gasteiger partial charge in [-0.05, 0) is 29.3 Å². The van der Waals surface area contributed by atoms with Crippen molar-refractivity contribution in [1.29, 1.82) is 0 Å². The highest BCUT2D eigenvalue weighted by molar-refractivity contribution is 6.67. The van der Waals surface area contributed by atoms with Crippen molar-refractivity contribution in [2.24, 2.45) is 0 Å². The Hall–Kier alpha value is -1.67. The molecule has 0 bridgehead atoms. The molecule has 0 aliphatic rings. The second kappa shape index (κ2) is 4.45. The van der Waals surface area contributed by atoms with Crippen LogP contribution in [0.4, 0.5) is 4.39 Å². The third-order valence-corrected chi connectivity index (χ3v) is 2.50. The summed E-state index contributed by atoms with van der Waals surface area (Å²) in [5.74, 6) is -0.447. The molecule has 0 aliphatic carbocycles. The molecule has 2 rings (SSSR count). The summed E-state index contributed by atoms with van der Waals surface area (Å²) < 4.78 is 13.7. The van der Waals surface area contributed by atoms with E-state index in [0.29, 0.717) is 5.56 Å². The van der Waals surface area contributed by atoms with E-state index < -0.39 is 11.1 Å². The van der Waals surface area contributed by atoms with Crippen LogP contribution in [0, 0.1) is 5.82 Å². The van der Waals surface area contributed by atoms with Crippen molar-refractivity contribution in [3.05, 3.63) is 59.9 Å². The maximum atomic E-state index is 13.7. The van der Waals surface area contributed by atoms with Crippen LogP contribution in [-0.2, 0) is 0 Å². The Bertz CT molecular complexity index is 523. The normalized spacial score (nSPS) is 10.1. The van der Waals surface area contributed by atoms with Crippen LogP contribution in [0.25, 0.3) is 11.1 Å². The van der Waals surface area contributed by atoms with Crippen LogP contribution >= 0.6 is 11.6 Å².